The van der Waals surface area contributed by atoms with Gasteiger partial charge in [-0.25, -0.2) is 0 Å². The van der Waals surface area contributed by atoms with E-state index in [1.165, 1.54) is 7.11 Å². The van der Waals surface area contributed by atoms with E-state index in [1.807, 2.05) is 0 Å². The lowest BCUT2D eigenvalue weighted by atomic mass is 9.78. The number of aliphatic carboxylic acids is 1. The topological polar surface area (TPSA) is 72.8 Å². The predicted octanol–water partition coefficient (Wildman–Crippen LogP) is 2.63. The van der Waals surface area contributed by atoms with E-state index in [2.05, 4.69) is 0 Å². The maximum atomic E-state index is 12.2. The number of carbonyl (C=O) groups excluding carboxylic acids is 1. The third kappa shape index (κ3) is 4.47. The fraction of sp³-hybridized carbons (Fsp3) is 0.867. The first-order valence-electron chi connectivity index (χ1n) is 7.15. The summed E-state index contributed by atoms with van der Waals surface area (Å²) < 4.78 is 10.5. The van der Waals surface area contributed by atoms with Crippen LogP contribution in [0.2, 0.25) is 0 Å². The lowest BCUT2D eigenvalue weighted by molar-refractivity contribution is -0.165. The van der Waals surface area contributed by atoms with Crippen LogP contribution in [0.1, 0.15) is 52.9 Å². The van der Waals surface area contributed by atoms with Gasteiger partial charge in [-0.3, -0.25) is 9.59 Å². The SMILES string of the molecule is COCC(CC1(C(=O)O)CCCC1)C(=O)OC(C)(C)C. The van der Waals surface area contributed by atoms with E-state index in [0.29, 0.717) is 19.3 Å². The van der Waals surface area contributed by atoms with Crippen LogP contribution in [0.15, 0.2) is 0 Å². The highest BCUT2D eigenvalue weighted by molar-refractivity contribution is 5.78. The number of methoxy groups -OCH3 is 1. The molecule has 1 atom stereocenters. The zero-order valence-electron chi connectivity index (χ0n) is 12.9. The summed E-state index contributed by atoms with van der Waals surface area (Å²) in [5.74, 6) is -1.69. The minimum Gasteiger partial charge on any atom is -0.481 e. The number of esters is 1. The molecule has 116 valence electrons. The Kier molecular flexibility index (Phi) is 5.57. The van der Waals surface area contributed by atoms with Crippen molar-refractivity contribution in [3.05, 3.63) is 0 Å². The second kappa shape index (κ2) is 6.57. The molecule has 1 aliphatic rings. The Balaban J connectivity index is 2.80. The maximum Gasteiger partial charge on any atom is 0.311 e. The summed E-state index contributed by atoms with van der Waals surface area (Å²) >= 11 is 0. The van der Waals surface area contributed by atoms with Gasteiger partial charge in [-0.05, 0) is 40.0 Å². The number of carbonyl (C=O) groups is 2. The molecule has 0 aromatic rings. The van der Waals surface area contributed by atoms with Crippen molar-refractivity contribution in [2.45, 2.75) is 58.5 Å². The average Bonchev–Trinajstić information content (AvgIpc) is 2.76. The molecule has 0 bridgehead atoms. The van der Waals surface area contributed by atoms with Crippen LogP contribution in [-0.2, 0) is 19.1 Å². The van der Waals surface area contributed by atoms with Crippen molar-refractivity contribution in [3.8, 4) is 0 Å². The lowest BCUT2D eigenvalue weighted by Crippen LogP contribution is -2.37. The third-order valence-electron chi connectivity index (χ3n) is 3.76. The second-order valence-corrected chi connectivity index (χ2v) is 6.68. The van der Waals surface area contributed by atoms with Crippen LogP contribution in [0.4, 0.5) is 0 Å². The molecule has 0 aromatic heterocycles. The number of hydrogen-bond acceptors (Lipinski definition) is 4. The number of ether oxygens (including phenoxy) is 2. The van der Waals surface area contributed by atoms with Gasteiger partial charge in [0.05, 0.1) is 17.9 Å². The van der Waals surface area contributed by atoms with Gasteiger partial charge in [-0.1, -0.05) is 12.8 Å². The van der Waals surface area contributed by atoms with E-state index < -0.39 is 22.9 Å². The van der Waals surface area contributed by atoms with E-state index >= 15 is 0 Å². The van der Waals surface area contributed by atoms with E-state index in [4.69, 9.17) is 9.47 Å². The Bertz CT molecular complexity index is 350. The molecule has 1 fully saturated rings. The van der Waals surface area contributed by atoms with E-state index in [9.17, 15) is 14.7 Å². The molecule has 0 aromatic carbocycles. The Morgan fingerprint density at radius 2 is 1.80 bits per heavy atom. The summed E-state index contributed by atoms with van der Waals surface area (Å²) in [4.78, 5) is 23.8. The average molecular weight is 286 g/mol. The van der Waals surface area contributed by atoms with Crippen molar-refractivity contribution in [2.75, 3.05) is 13.7 Å². The summed E-state index contributed by atoms with van der Waals surface area (Å²) in [5, 5.41) is 9.50. The quantitative estimate of drug-likeness (QED) is 0.760. The molecule has 0 aliphatic heterocycles. The first kappa shape index (κ1) is 17.0. The van der Waals surface area contributed by atoms with Gasteiger partial charge in [0.2, 0.25) is 0 Å². The van der Waals surface area contributed by atoms with Crippen molar-refractivity contribution in [1.29, 1.82) is 0 Å². The lowest BCUT2D eigenvalue weighted by Gasteiger charge is -2.30. The zero-order chi connectivity index (χ0) is 15.4. The minimum absolute atomic E-state index is 0.198. The molecule has 0 spiro atoms. The van der Waals surface area contributed by atoms with Crippen molar-refractivity contribution >= 4 is 11.9 Å². The van der Waals surface area contributed by atoms with Gasteiger partial charge in [0.1, 0.15) is 5.60 Å². The maximum absolute atomic E-state index is 12.2. The Morgan fingerprint density at radius 1 is 1.25 bits per heavy atom. The highest BCUT2D eigenvalue weighted by Crippen LogP contribution is 2.43. The molecule has 20 heavy (non-hydrogen) atoms. The molecule has 5 heteroatoms. The number of carboxylic acid groups (broad SMARTS) is 1. The molecule has 1 saturated carbocycles. The molecule has 0 saturated heterocycles. The first-order valence-corrected chi connectivity index (χ1v) is 7.15. The van der Waals surface area contributed by atoms with Gasteiger partial charge in [-0.2, -0.15) is 0 Å². The van der Waals surface area contributed by atoms with Crippen LogP contribution in [0, 0.1) is 11.3 Å². The number of carboxylic acids is 1. The van der Waals surface area contributed by atoms with Crippen LogP contribution in [0.5, 0.6) is 0 Å². The smallest absolute Gasteiger partial charge is 0.311 e. The normalized spacial score (nSPS) is 19.6. The molecule has 0 radical (unpaired) electrons. The molecular formula is C15H26O5. The highest BCUT2D eigenvalue weighted by Gasteiger charge is 2.45. The van der Waals surface area contributed by atoms with Crippen LogP contribution in [-0.4, -0.2) is 36.4 Å². The Morgan fingerprint density at radius 3 is 2.20 bits per heavy atom. The molecule has 5 nitrogen and oxygen atoms in total. The number of rotatable bonds is 6. The van der Waals surface area contributed by atoms with Crippen LogP contribution < -0.4 is 0 Å². The Labute approximate surface area is 120 Å². The van der Waals surface area contributed by atoms with Crippen LogP contribution >= 0.6 is 0 Å². The molecular weight excluding hydrogens is 260 g/mol. The fourth-order valence-corrected chi connectivity index (χ4v) is 2.83. The van der Waals surface area contributed by atoms with Gasteiger partial charge in [0.25, 0.3) is 0 Å². The van der Waals surface area contributed by atoms with E-state index in [-0.39, 0.29) is 12.6 Å². The Hall–Kier alpha value is -1.10. The molecule has 1 N–H and O–H groups in total. The van der Waals surface area contributed by atoms with Crippen LogP contribution in [0.25, 0.3) is 0 Å². The van der Waals surface area contributed by atoms with Crippen LogP contribution in [0.3, 0.4) is 0 Å². The highest BCUT2D eigenvalue weighted by atomic mass is 16.6. The summed E-state index contributed by atoms with van der Waals surface area (Å²) in [6, 6.07) is 0. The zero-order valence-corrected chi connectivity index (χ0v) is 12.9. The van der Waals surface area contributed by atoms with Gasteiger partial charge >= 0.3 is 11.9 Å². The van der Waals surface area contributed by atoms with Crippen molar-refractivity contribution in [3.63, 3.8) is 0 Å². The van der Waals surface area contributed by atoms with Crippen molar-refractivity contribution < 1.29 is 24.2 Å². The monoisotopic (exact) mass is 286 g/mol. The second-order valence-electron chi connectivity index (χ2n) is 6.68. The fourth-order valence-electron chi connectivity index (χ4n) is 2.83. The van der Waals surface area contributed by atoms with Gasteiger partial charge < -0.3 is 14.6 Å². The van der Waals surface area contributed by atoms with E-state index in [0.717, 1.165) is 12.8 Å². The molecule has 0 heterocycles. The van der Waals surface area contributed by atoms with Gasteiger partial charge in [-0.15, -0.1) is 0 Å². The molecule has 1 aliphatic carbocycles. The molecule has 0 amide bonds. The van der Waals surface area contributed by atoms with Crippen molar-refractivity contribution in [1.82, 2.24) is 0 Å². The van der Waals surface area contributed by atoms with Gasteiger partial charge in [0.15, 0.2) is 0 Å². The summed E-state index contributed by atoms with van der Waals surface area (Å²) in [7, 11) is 1.51. The first-order chi connectivity index (χ1) is 9.20. The number of hydrogen-bond donors (Lipinski definition) is 1. The van der Waals surface area contributed by atoms with Crippen molar-refractivity contribution in [2.24, 2.45) is 11.3 Å². The standard InChI is InChI=1S/C15H26O5/c1-14(2,3)20-12(16)11(10-19-4)9-15(13(17)18)7-5-6-8-15/h11H,5-10H2,1-4H3,(H,17,18). The largest absolute Gasteiger partial charge is 0.481 e. The van der Waals surface area contributed by atoms with E-state index in [1.54, 1.807) is 20.8 Å². The summed E-state index contributed by atoms with van der Waals surface area (Å²) in [6.45, 7) is 5.61. The predicted molar refractivity (Wildman–Crippen MR) is 74.4 cm³/mol. The minimum atomic E-state index is -0.806. The third-order valence-corrected chi connectivity index (χ3v) is 3.76. The molecule has 1 unspecified atom stereocenters. The molecule has 1 rings (SSSR count). The summed E-state index contributed by atoms with van der Waals surface area (Å²) in [5.41, 5.74) is -1.37. The van der Waals surface area contributed by atoms with Gasteiger partial charge in [0, 0.05) is 7.11 Å². The summed E-state index contributed by atoms with van der Waals surface area (Å²) in [6.07, 6.45) is 3.36.